The molecule has 2 heterocycles. The van der Waals surface area contributed by atoms with Crippen molar-refractivity contribution in [2.75, 3.05) is 13.1 Å². The average Bonchev–Trinajstić information content (AvgIpc) is 3.02. The summed E-state index contributed by atoms with van der Waals surface area (Å²) < 4.78 is 0. The van der Waals surface area contributed by atoms with Crippen LogP contribution in [0.3, 0.4) is 0 Å². The number of halogens is 1. The van der Waals surface area contributed by atoms with Gasteiger partial charge >= 0.3 is 0 Å². The summed E-state index contributed by atoms with van der Waals surface area (Å²) in [5.74, 6) is -0.238. The van der Waals surface area contributed by atoms with Gasteiger partial charge in [-0.15, -0.1) is 0 Å². The van der Waals surface area contributed by atoms with Gasteiger partial charge in [0, 0.05) is 29.7 Å². The molecule has 6 heteroatoms. The number of ketones is 1. The molecule has 2 aromatic carbocycles. The van der Waals surface area contributed by atoms with E-state index in [0.29, 0.717) is 24.4 Å². The molecule has 0 saturated carbocycles. The molecule has 0 aliphatic carbocycles. The van der Waals surface area contributed by atoms with E-state index >= 15 is 0 Å². The van der Waals surface area contributed by atoms with Gasteiger partial charge in [-0.1, -0.05) is 35.9 Å². The first kappa shape index (κ1) is 17.2. The molecule has 0 saturated heterocycles. The number of phenolic OH excluding ortho intramolecular Hbond substituents is 1. The van der Waals surface area contributed by atoms with Gasteiger partial charge in [-0.3, -0.25) is 14.5 Å². The fraction of sp³-hybridized carbons (Fsp3) is 0.300. The second-order valence-electron chi connectivity index (χ2n) is 6.77. The maximum Gasteiger partial charge on any atom is 0.216 e. The quantitative estimate of drug-likeness (QED) is 0.639. The molecule has 2 aromatic rings. The molecule has 2 aliphatic rings. The summed E-state index contributed by atoms with van der Waals surface area (Å²) in [4.78, 5) is 25.5. The number of hydrogen-bond acceptors (Lipinski definition) is 5. The zero-order chi connectivity index (χ0) is 18.3. The first-order valence-corrected chi connectivity index (χ1v) is 9.02. The number of aromatic hydroxyl groups is 1. The highest BCUT2D eigenvalue weighted by atomic mass is 35.5. The Morgan fingerprint density at radius 2 is 2.12 bits per heavy atom. The van der Waals surface area contributed by atoms with Crippen LogP contribution in [0.15, 0.2) is 36.4 Å². The average molecular weight is 371 g/mol. The van der Waals surface area contributed by atoms with Crippen LogP contribution in [0.5, 0.6) is 5.75 Å². The minimum Gasteiger partial charge on any atom is -0.508 e. The van der Waals surface area contributed by atoms with Crippen LogP contribution in [0.2, 0.25) is 5.02 Å². The Balaban J connectivity index is 1.68. The number of benzene rings is 2. The number of fused-ring (bicyclic) bond motifs is 2. The van der Waals surface area contributed by atoms with Crippen molar-refractivity contribution in [2.45, 2.75) is 25.0 Å². The fourth-order valence-electron chi connectivity index (χ4n) is 4.15. The van der Waals surface area contributed by atoms with Crippen molar-refractivity contribution in [2.24, 2.45) is 0 Å². The zero-order valence-electron chi connectivity index (χ0n) is 14.1. The van der Waals surface area contributed by atoms with E-state index < -0.39 is 11.8 Å². The van der Waals surface area contributed by atoms with Crippen molar-refractivity contribution in [3.8, 4) is 5.75 Å². The Morgan fingerprint density at radius 1 is 1.31 bits per heavy atom. The number of nitrogens with zero attached hydrogens (tertiary/aromatic N) is 1. The van der Waals surface area contributed by atoms with Gasteiger partial charge in [-0.25, -0.2) is 0 Å². The van der Waals surface area contributed by atoms with Crippen LogP contribution in [0.1, 0.15) is 34.3 Å². The summed E-state index contributed by atoms with van der Waals surface area (Å²) in [6.07, 6.45) is 1.15. The number of carbonyl (C=O) groups excluding carboxylic acids is 2. The fourth-order valence-corrected chi connectivity index (χ4v) is 4.41. The molecule has 0 fully saturated rings. The Morgan fingerprint density at radius 3 is 2.92 bits per heavy atom. The van der Waals surface area contributed by atoms with Crippen molar-refractivity contribution >= 4 is 23.7 Å². The van der Waals surface area contributed by atoms with Crippen molar-refractivity contribution in [1.29, 1.82) is 0 Å². The molecule has 134 valence electrons. The molecular weight excluding hydrogens is 352 g/mol. The van der Waals surface area contributed by atoms with E-state index in [4.69, 9.17) is 11.6 Å². The lowest BCUT2D eigenvalue weighted by atomic mass is 9.92. The standard InChI is InChI=1S/C20H19ClN2O3/c21-15-5-6-17(25)19-14(15)7-8-22-16(19)10-23-9-12-3-1-2-4-13(12)20(23)18(26)11-24/h1-6,11,16,20,22,25H,7-10H2. The van der Waals surface area contributed by atoms with Gasteiger partial charge in [-0.2, -0.15) is 0 Å². The van der Waals surface area contributed by atoms with Crippen LogP contribution in [-0.4, -0.2) is 35.2 Å². The van der Waals surface area contributed by atoms with Gasteiger partial charge in [0.25, 0.3) is 0 Å². The van der Waals surface area contributed by atoms with Crippen LogP contribution < -0.4 is 5.32 Å². The lowest BCUT2D eigenvalue weighted by Crippen LogP contribution is -2.40. The SMILES string of the molecule is O=CC(=O)C1c2ccccc2CN1CC1NCCc2c(Cl)ccc(O)c21. The third kappa shape index (κ3) is 2.82. The normalized spacial score (nSPS) is 21.9. The third-order valence-electron chi connectivity index (χ3n) is 5.28. The molecule has 0 radical (unpaired) electrons. The lowest BCUT2D eigenvalue weighted by molar-refractivity contribution is -0.133. The predicted octanol–water partition coefficient (Wildman–Crippen LogP) is 2.56. The Kier molecular flexibility index (Phi) is 4.53. The van der Waals surface area contributed by atoms with E-state index in [0.717, 1.165) is 35.2 Å². The summed E-state index contributed by atoms with van der Waals surface area (Å²) in [7, 11) is 0. The van der Waals surface area contributed by atoms with Crippen LogP contribution in [0.4, 0.5) is 0 Å². The molecule has 0 spiro atoms. The highest BCUT2D eigenvalue weighted by molar-refractivity contribution is 6.31. The molecule has 2 atom stereocenters. The van der Waals surface area contributed by atoms with E-state index in [1.54, 1.807) is 12.1 Å². The molecule has 2 N–H and O–H groups in total. The Hall–Kier alpha value is -2.21. The highest BCUT2D eigenvalue weighted by Crippen LogP contribution is 2.39. The summed E-state index contributed by atoms with van der Waals surface area (Å²) in [5.41, 5.74) is 3.68. The highest BCUT2D eigenvalue weighted by Gasteiger charge is 2.37. The Labute approximate surface area is 156 Å². The van der Waals surface area contributed by atoms with Crippen LogP contribution in [-0.2, 0) is 22.6 Å². The number of hydrogen-bond donors (Lipinski definition) is 2. The van der Waals surface area contributed by atoms with Gasteiger partial charge in [0.15, 0.2) is 6.29 Å². The van der Waals surface area contributed by atoms with Crippen LogP contribution >= 0.6 is 11.6 Å². The smallest absolute Gasteiger partial charge is 0.216 e. The van der Waals surface area contributed by atoms with Crippen LogP contribution in [0.25, 0.3) is 0 Å². The number of phenols is 1. The number of aldehydes is 1. The summed E-state index contributed by atoms with van der Waals surface area (Å²) in [6.45, 7) is 1.84. The molecule has 0 bridgehead atoms. The van der Waals surface area contributed by atoms with Crippen LogP contribution in [0, 0.1) is 0 Å². The molecule has 4 rings (SSSR count). The second-order valence-corrected chi connectivity index (χ2v) is 7.17. The monoisotopic (exact) mass is 370 g/mol. The number of rotatable bonds is 4. The van der Waals surface area contributed by atoms with Gasteiger partial charge in [0.2, 0.25) is 5.78 Å². The molecule has 2 aliphatic heterocycles. The topological polar surface area (TPSA) is 69.6 Å². The van der Waals surface area contributed by atoms with E-state index in [9.17, 15) is 14.7 Å². The number of nitrogens with one attached hydrogen (secondary N) is 1. The van der Waals surface area contributed by atoms with E-state index in [-0.39, 0.29) is 11.8 Å². The Bertz CT molecular complexity index is 883. The third-order valence-corrected chi connectivity index (χ3v) is 5.64. The van der Waals surface area contributed by atoms with Gasteiger partial charge < -0.3 is 10.4 Å². The first-order chi connectivity index (χ1) is 12.6. The van der Waals surface area contributed by atoms with Gasteiger partial charge in [0.1, 0.15) is 11.8 Å². The van der Waals surface area contributed by atoms with E-state index in [1.807, 2.05) is 29.2 Å². The van der Waals surface area contributed by atoms with Crippen molar-refractivity contribution < 1.29 is 14.7 Å². The van der Waals surface area contributed by atoms with Gasteiger partial charge in [0.05, 0.1) is 0 Å². The number of carbonyl (C=O) groups is 2. The van der Waals surface area contributed by atoms with Crippen molar-refractivity contribution in [1.82, 2.24) is 10.2 Å². The molecule has 0 amide bonds. The lowest BCUT2D eigenvalue weighted by Gasteiger charge is -2.33. The number of Topliss-reactive ketones (excluding diaryl/α,β-unsaturated/α-hetero) is 1. The second kappa shape index (κ2) is 6.83. The largest absolute Gasteiger partial charge is 0.508 e. The van der Waals surface area contributed by atoms with E-state index in [2.05, 4.69) is 5.32 Å². The predicted molar refractivity (Wildman–Crippen MR) is 98.2 cm³/mol. The maximum atomic E-state index is 12.3. The molecule has 5 nitrogen and oxygen atoms in total. The first-order valence-electron chi connectivity index (χ1n) is 8.64. The van der Waals surface area contributed by atoms with Gasteiger partial charge in [-0.05, 0) is 41.8 Å². The van der Waals surface area contributed by atoms with Crippen molar-refractivity contribution in [3.63, 3.8) is 0 Å². The molecular formula is C20H19ClN2O3. The van der Waals surface area contributed by atoms with E-state index in [1.165, 1.54) is 0 Å². The molecule has 0 aromatic heterocycles. The summed E-state index contributed by atoms with van der Waals surface area (Å²) in [5, 5.41) is 14.4. The minimum absolute atomic E-state index is 0.159. The summed E-state index contributed by atoms with van der Waals surface area (Å²) in [6, 6.07) is 10.3. The summed E-state index contributed by atoms with van der Waals surface area (Å²) >= 11 is 6.32. The molecule has 26 heavy (non-hydrogen) atoms. The zero-order valence-corrected chi connectivity index (χ0v) is 14.9. The maximum absolute atomic E-state index is 12.3. The molecule has 2 unspecified atom stereocenters. The minimum atomic E-state index is -0.572. The van der Waals surface area contributed by atoms with Crippen molar-refractivity contribution in [3.05, 3.63) is 63.7 Å².